The standard InChI is InChI=1S/C20H23N5O2/c1-24-5-6-27-17(12-24)9-20(26)23-19-8-16-7-14(3-4-15(16)10-22-19)18-11-21-13-25(18)2/h3-4,7-8,10-11,13,17H,5-6,9,12H2,1-2H3,(H,22,23,26). The van der Waals surface area contributed by atoms with Crippen LogP contribution in [0.15, 0.2) is 43.0 Å². The fourth-order valence-electron chi connectivity index (χ4n) is 3.39. The largest absolute Gasteiger partial charge is 0.375 e. The topological polar surface area (TPSA) is 72.3 Å². The van der Waals surface area contributed by atoms with Gasteiger partial charge in [0.15, 0.2) is 0 Å². The van der Waals surface area contributed by atoms with Gasteiger partial charge in [-0.05, 0) is 24.6 Å². The number of carbonyl (C=O) groups is 1. The van der Waals surface area contributed by atoms with E-state index in [-0.39, 0.29) is 12.0 Å². The van der Waals surface area contributed by atoms with E-state index in [9.17, 15) is 4.79 Å². The van der Waals surface area contributed by atoms with Gasteiger partial charge in [0.05, 0.1) is 37.3 Å². The molecule has 0 aliphatic carbocycles. The average molecular weight is 365 g/mol. The summed E-state index contributed by atoms with van der Waals surface area (Å²) in [5.41, 5.74) is 2.11. The average Bonchev–Trinajstić information content (AvgIpc) is 3.07. The Bertz CT molecular complexity index is 968. The normalized spacial score (nSPS) is 17.9. The lowest BCUT2D eigenvalue weighted by molar-refractivity contribution is -0.120. The minimum atomic E-state index is -0.0788. The summed E-state index contributed by atoms with van der Waals surface area (Å²) in [4.78, 5) is 23.1. The van der Waals surface area contributed by atoms with E-state index in [1.807, 2.05) is 37.0 Å². The molecule has 1 saturated heterocycles. The zero-order valence-electron chi connectivity index (χ0n) is 15.6. The number of likely N-dealkylation sites (N-methyl/N-ethyl adjacent to an activating group) is 1. The molecular weight excluding hydrogens is 342 g/mol. The molecule has 27 heavy (non-hydrogen) atoms. The van der Waals surface area contributed by atoms with Gasteiger partial charge in [0.2, 0.25) is 5.91 Å². The quantitative estimate of drug-likeness (QED) is 0.768. The van der Waals surface area contributed by atoms with E-state index < -0.39 is 0 Å². The Morgan fingerprint density at radius 1 is 1.26 bits per heavy atom. The summed E-state index contributed by atoms with van der Waals surface area (Å²) in [5, 5.41) is 4.94. The van der Waals surface area contributed by atoms with Gasteiger partial charge in [-0.3, -0.25) is 4.79 Å². The number of pyridine rings is 1. The van der Waals surface area contributed by atoms with E-state index >= 15 is 0 Å². The van der Waals surface area contributed by atoms with Crippen molar-refractivity contribution in [3.63, 3.8) is 0 Å². The number of rotatable bonds is 4. The number of morpholine rings is 1. The van der Waals surface area contributed by atoms with Gasteiger partial charge in [-0.1, -0.05) is 12.1 Å². The van der Waals surface area contributed by atoms with Crippen molar-refractivity contribution in [2.45, 2.75) is 12.5 Å². The van der Waals surface area contributed by atoms with Crippen molar-refractivity contribution in [2.24, 2.45) is 7.05 Å². The summed E-state index contributed by atoms with van der Waals surface area (Å²) in [6, 6.07) is 8.07. The predicted molar refractivity (Wildman–Crippen MR) is 104 cm³/mol. The first-order chi connectivity index (χ1) is 13.1. The molecule has 1 aliphatic heterocycles. The molecule has 1 aliphatic rings. The molecule has 4 rings (SSSR count). The summed E-state index contributed by atoms with van der Waals surface area (Å²) in [6.45, 7) is 2.34. The summed E-state index contributed by atoms with van der Waals surface area (Å²) in [6.07, 6.45) is 5.66. The number of ether oxygens (including phenoxy) is 1. The SMILES string of the molecule is CN1CCOC(CC(=O)Nc2cc3cc(-c4cncn4C)ccc3cn2)C1. The molecule has 1 unspecified atom stereocenters. The van der Waals surface area contributed by atoms with E-state index in [1.165, 1.54) is 0 Å². The van der Waals surface area contributed by atoms with E-state index in [0.717, 1.165) is 35.1 Å². The zero-order chi connectivity index (χ0) is 18.8. The van der Waals surface area contributed by atoms with Crippen molar-refractivity contribution in [2.75, 3.05) is 32.1 Å². The van der Waals surface area contributed by atoms with E-state index in [0.29, 0.717) is 18.8 Å². The third kappa shape index (κ3) is 3.99. The number of nitrogens with one attached hydrogen (secondary N) is 1. The number of fused-ring (bicyclic) bond motifs is 1. The molecule has 0 saturated carbocycles. The van der Waals surface area contributed by atoms with Crippen LogP contribution in [0.1, 0.15) is 6.42 Å². The van der Waals surface area contributed by atoms with Crippen LogP contribution in [0.2, 0.25) is 0 Å². The smallest absolute Gasteiger partial charge is 0.228 e. The lowest BCUT2D eigenvalue weighted by Crippen LogP contribution is -2.41. The maximum absolute atomic E-state index is 12.4. The van der Waals surface area contributed by atoms with E-state index in [1.54, 1.807) is 12.5 Å². The lowest BCUT2D eigenvalue weighted by atomic mass is 10.1. The van der Waals surface area contributed by atoms with Gasteiger partial charge in [0.1, 0.15) is 5.82 Å². The first kappa shape index (κ1) is 17.6. The molecule has 1 fully saturated rings. The molecule has 1 aromatic carbocycles. The van der Waals surface area contributed by atoms with Crippen molar-refractivity contribution in [3.05, 3.63) is 43.0 Å². The predicted octanol–water partition coefficient (Wildman–Crippen LogP) is 2.29. The van der Waals surface area contributed by atoms with E-state index in [2.05, 4.69) is 32.3 Å². The number of aromatic nitrogens is 3. The van der Waals surface area contributed by atoms with Crippen molar-refractivity contribution in [1.29, 1.82) is 0 Å². The van der Waals surface area contributed by atoms with Crippen LogP contribution >= 0.6 is 0 Å². The minimum absolute atomic E-state index is 0.0688. The van der Waals surface area contributed by atoms with Crippen LogP contribution < -0.4 is 5.32 Å². The Balaban J connectivity index is 1.50. The number of anilines is 1. The van der Waals surface area contributed by atoms with Gasteiger partial charge in [-0.25, -0.2) is 9.97 Å². The molecule has 0 spiro atoms. The Labute approximate surface area is 158 Å². The van der Waals surface area contributed by atoms with Gasteiger partial charge in [0.25, 0.3) is 0 Å². The number of aryl methyl sites for hydroxylation is 1. The van der Waals surface area contributed by atoms with Crippen LogP contribution in [0, 0.1) is 0 Å². The number of nitrogens with zero attached hydrogens (tertiary/aromatic N) is 4. The second kappa shape index (κ2) is 7.46. The van der Waals surface area contributed by atoms with Crippen LogP contribution in [-0.2, 0) is 16.6 Å². The molecule has 1 amide bonds. The maximum Gasteiger partial charge on any atom is 0.228 e. The van der Waals surface area contributed by atoms with Crippen LogP contribution in [0.5, 0.6) is 0 Å². The van der Waals surface area contributed by atoms with Gasteiger partial charge < -0.3 is 19.5 Å². The van der Waals surface area contributed by atoms with Gasteiger partial charge in [-0.2, -0.15) is 0 Å². The summed E-state index contributed by atoms with van der Waals surface area (Å²) < 4.78 is 7.64. The molecule has 1 N–H and O–H groups in total. The van der Waals surface area contributed by atoms with Gasteiger partial charge >= 0.3 is 0 Å². The van der Waals surface area contributed by atoms with Crippen molar-refractivity contribution in [1.82, 2.24) is 19.4 Å². The fourth-order valence-corrected chi connectivity index (χ4v) is 3.39. The molecule has 2 aromatic heterocycles. The zero-order valence-corrected chi connectivity index (χ0v) is 15.6. The highest BCUT2D eigenvalue weighted by molar-refractivity contribution is 5.94. The lowest BCUT2D eigenvalue weighted by Gasteiger charge is -2.29. The van der Waals surface area contributed by atoms with Crippen LogP contribution in [0.4, 0.5) is 5.82 Å². The molecule has 3 heterocycles. The number of hydrogen-bond donors (Lipinski definition) is 1. The van der Waals surface area contributed by atoms with Crippen molar-refractivity contribution in [3.8, 4) is 11.3 Å². The first-order valence-corrected chi connectivity index (χ1v) is 9.05. The molecule has 1 atom stereocenters. The highest BCUT2D eigenvalue weighted by atomic mass is 16.5. The van der Waals surface area contributed by atoms with E-state index in [4.69, 9.17) is 4.74 Å². The van der Waals surface area contributed by atoms with Crippen LogP contribution in [0.25, 0.3) is 22.0 Å². The molecule has 0 radical (unpaired) electrons. The highest BCUT2D eigenvalue weighted by Gasteiger charge is 2.20. The monoisotopic (exact) mass is 365 g/mol. The number of amides is 1. The summed E-state index contributed by atoms with van der Waals surface area (Å²) >= 11 is 0. The van der Waals surface area contributed by atoms with Crippen LogP contribution in [0.3, 0.4) is 0 Å². The van der Waals surface area contributed by atoms with Crippen LogP contribution in [-0.4, -0.2) is 58.2 Å². The minimum Gasteiger partial charge on any atom is -0.375 e. The summed E-state index contributed by atoms with van der Waals surface area (Å²) in [7, 11) is 4.01. The number of carbonyl (C=O) groups excluding carboxylic acids is 1. The molecule has 3 aromatic rings. The summed E-state index contributed by atoms with van der Waals surface area (Å²) in [5.74, 6) is 0.476. The Morgan fingerprint density at radius 3 is 2.93 bits per heavy atom. The first-order valence-electron chi connectivity index (χ1n) is 9.05. The Kier molecular flexibility index (Phi) is 4.87. The number of hydrogen-bond acceptors (Lipinski definition) is 5. The molecule has 140 valence electrons. The third-order valence-corrected chi connectivity index (χ3v) is 4.86. The Morgan fingerprint density at radius 2 is 2.15 bits per heavy atom. The molecule has 7 nitrogen and oxygen atoms in total. The fraction of sp³-hybridized carbons (Fsp3) is 0.350. The second-order valence-corrected chi connectivity index (χ2v) is 7.03. The molecule has 7 heteroatoms. The maximum atomic E-state index is 12.4. The highest BCUT2D eigenvalue weighted by Crippen LogP contribution is 2.25. The second-order valence-electron chi connectivity index (χ2n) is 7.03. The number of benzene rings is 1. The number of imidazole rings is 1. The van der Waals surface area contributed by atoms with Crippen molar-refractivity contribution >= 4 is 22.5 Å². The van der Waals surface area contributed by atoms with Gasteiger partial charge in [0, 0.05) is 37.3 Å². The van der Waals surface area contributed by atoms with Crippen molar-refractivity contribution < 1.29 is 9.53 Å². The molecule has 0 bridgehead atoms. The third-order valence-electron chi connectivity index (χ3n) is 4.86. The molecular formula is C20H23N5O2. The Hall–Kier alpha value is -2.77. The van der Waals surface area contributed by atoms with Gasteiger partial charge in [-0.15, -0.1) is 0 Å².